The summed E-state index contributed by atoms with van der Waals surface area (Å²) in [6, 6.07) is 15.5. The van der Waals surface area contributed by atoms with E-state index in [1.54, 1.807) is 24.3 Å². The molecule has 0 aliphatic heterocycles. The Morgan fingerprint density at radius 3 is 2.06 bits per heavy atom. The van der Waals surface area contributed by atoms with E-state index in [0.717, 1.165) is 4.46 Å². The van der Waals surface area contributed by atoms with E-state index in [2.05, 4.69) is 0 Å². The van der Waals surface area contributed by atoms with Crippen molar-refractivity contribution in [2.75, 3.05) is 0 Å². The Kier molecular flexibility index (Phi) is 3.89. The molecule has 0 saturated heterocycles. The zero-order valence-corrected chi connectivity index (χ0v) is 12.0. The Balaban J connectivity index is 2.29. The van der Waals surface area contributed by atoms with Crippen molar-refractivity contribution in [1.29, 1.82) is 0 Å². The first-order chi connectivity index (χ1) is 8.08. The third-order valence-electron chi connectivity index (χ3n) is 2.05. The molecular formula is C12H9ClO2SSe. The zero-order valence-electron chi connectivity index (χ0n) is 8.71. The molecule has 0 heterocycles. The molecule has 0 saturated carbocycles. The number of hydrogen-bond donors (Lipinski definition) is 0. The van der Waals surface area contributed by atoms with Gasteiger partial charge in [0.15, 0.2) is 0 Å². The van der Waals surface area contributed by atoms with Crippen molar-refractivity contribution in [3.63, 3.8) is 0 Å². The zero-order chi connectivity index (χ0) is 12.3. The van der Waals surface area contributed by atoms with Crippen LogP contribution in [0.4, 0.5) is 0 Å². The van der Waals surface area contributed by atoms with Gasteiger partial charge in [0, 0.05) is 0 Å². The Labute approximate surface area is 111 Å². The van der Waals surface area contributed by atoms with E-state index in [9.17, 15) is 8.42 Å². The van der Waals surface area contributed by atoms with Gasteiger partial charge in [0.05, 0.1) is 0 Å². The minimum absolute atomic E-state index is 0.325. The predicted molar refractivity (Wildman–Crippen MR) is 70.5 cm³/mol. The minimum atomic E-state index is -3.23. The Morgan fingerprint density at radius 2 is 1.47 bits per heavy atom. The number of benzene rings is 2. The van der Waals surface area contributed by atoms with Crippen molar-refractivity contribution in [3.05, 3.63) is 59.6 Å². The van der Waals surface area contributed by atoms with Crippen LogP contribution in [-0.2, 0) is 8.26 Å². The fourth-order valence-electron chi connectivity index (χ4n) is 1.25. The summed E-state index contributed by atoms with van der Waals surface area (Å²) < 4.78 is 25.0. The van der Waals surface area contributed by atoms with E-state index >= 15 is 0 Å². The maximum absolute atomic E-state index is 12.1. The Hall–Kier alpha value is -0.801. The van der Waals surface area contributed by atoms with Crippen LogP contribution in [0, 0.1) is 0 Å². The van der Waals surface area contributed by atoms with Gasteiger partial charge >= 0.3 is 111 Å². The molecule has 2 aromatic rings. The van der Waals surface area contributed by atoms with Crippen LogP contribution in [0.1, 0.15) is 0 Å². The first kappa shape index (κ1) is 12.7. The molecule has 0 aromatic heterocycles. The van der Waals surface area contributed by atoms with E-state index in [1.807, 2.05) is 30.3 Å². The van der Waals surface area contributed by atoms with Crippen molar-refractivity contribution in [2.24, 2.45) is 0 Å². The third kappa shape index (κ3) is 3.33. The fourth-order valence-corrected chi connectivity index (χ4v) is 6.24. The fraction of sp³-hybridized carbons (Fsp3) is 0. The molecule has 2 aromatic carbocycles. The number of rotatable bonds is 3. The molecule has 2 rings (SSSR count). The van der Waals surface area contributed by atoms with Gasteiger partial charge in [-0.3, -0.25) is 0 Å². The van der Waals surface area contributed by atoms with Gasteiger partial charge in [-0.1, -0.05) is 0 Å². The standard InChI is InChI=1S/C12H9ClO2SSe/c13-10-6-8-11(9-7-10)16(14,15)17-12-4-2-1-3-5-12/h1-9H. The summed E-state index contributed by atoms with van der Waals surface area (Å²) in [5, 5.41) is 0.538. The van der Waals surface area contributed by atoms with Crippen LogP contribution in [-0.4, -0.2) is 22.3 Å². The van der Waals surface area contributed by atoms with Crippen molar-refractivity contribution >= 4 is 38.2 Å². The van der Waals surface area contributed by atoms with E-state index < -0.39 is 22.1 Å². The van der Waals surface area contributed by atoms with Crippen LogP contribution in [0.2, 0.25) is 5.02 Å². The Bertz CT molecular complexity index is 594. The molecule has 0 radical (unpaired) electrons. The molecular weight excluding hydrogens is 323 g/mol. The summed E-state index contributed by atoms with van der Waals surface area (Å²) >= 11 is 5.12. The van der Waals surface area contributed by atoms with Gasteiger partial charge in [-0.15, -0.1) is 0 Å². The summed E-state index contributed by atoms with van der Waals surface area (Å²) in [7, 11) is -3.23. The number of hydrogen-bond acceptors (Lipinski definition) is 2. The van der Waals surface area contributed by atoms with E-state index in [1.165, 1.54) is 0 Å². The van der Waals surface area contributed by atoms with E-state index in [4.69, 9.17) is 11.6 Å². The molecule has 0 aliphatic rings. The summed E-state index contributed by atoms with van der Waals surface area (Å²) in [6.07, 6.45) is 0. The van der Waals surface area contributed by atoms with E-state index in [-0.39, 0.29) is 0 Å². The molecule has 0 N–H and O–H groups in total. The maximum atomic E-state index is 12.1. The molecule has 0 atom stereocenters. The molecule has 0 bridgehead atoms. The SMILES string of the molecule is O=S(=O)([Se]c1ccccc1)c1ccc(Cl)cc1. The number of halogens is 1. The predicted octanol–water partition coefficient (Wildman–Crippen LogP) is 2.06. The first-order valence-electron chi connectivity index (χ1n) is 4.83. The Morgan fingerprint density at radius 1 is 0.882 bits per heavy atom. The van der Waals surface area contributed by atoms with Gasteiger partial charge in [0.25, 0.3) is 0 Å². The van der Waals surface area contributed by atoms with Crippen molar-refractivity contribution in [1.82, 2.24) is 0 Å². The molecule has 17 heavy (non-hydrogen) atoms. The normalized spacial score (nSPS) is 11.4. The molecule has 0 unspecified atom stereocenters. The topological polar surface area (TPSA) is 34.1 Å². The summed E-state index contributed by atoms with van der Waals surface area (Å²) in [5.74, 6) is 0. The van der Waals surface area contributed by atoms with Crippen molar-refractivity contribution in [3.8, 4) is 0 Å². The van der Waals surface area contributed by atoms with Gasteiger partial charge in [-0.05, 0) is 0 Å². The molecule has 5 heteroatoms. The monoisotopic (exact) mass is 332 g/mol. The summed E-state index contributed by atoms with van der Waals surface area (Å²) in [5.41, 5.74) is 0. The van der Waals surface area contributed by atoms with Gasteiger partial charge < -0.3 is 0 Å². The van der Waals surface area contributed by atoms with Crippen LogP contribution in [0.3, 0.4) is 0 Å². The quantitative estimate of drug-likeness (QED) is 0.807. The van der Waals surface area contributed by atoms with Crippen LogP contribution >= 0.6 is 11.6 Å². The molecule has 0 spiro atoms. The average Bonchev–Trinajstić information content (AvgIpc) is 2.30. The second kappa shape index (κ2) is 5.23. The molecule has 88 valence electrons. The van der Waals surface area contributed by atoms with Crippen LogP contribution in [0.5, 0.6) is 0 Å². The molecule has 0 amide bonds. The summed E-state index contributed by atoms with van der Waals surface area (Å²) in [4.78, 5) is 0.325. The third-order valence-corrected chi connectivity index (χ3v) is 7.94. The summed E-state index contributed by atoms with van der Waals surface area (Å²) in [6.45, 7) is 0. The van der Waals surface area contributed by atoms with Crippen molar-refractivity contribution < 1.29 is 8.42 Å². The van der Waals surface area contributed by atoms with Gasteiger partial charge in [-0.25, -0.2) is 0 Å². The van der Waals surface area contributed by atoms with Gasteiger partial charge in [0.2, 0.25) is 0 Å². The van der Waals surface area contributed by atoms with Crippen LogP contribution < -0.4 is 4.46 Å². The average molecular weight is 332 g/mol. The molecule has 0 aliphatic carbocycles. The van der Waals surface area contributed by atoms with Gasteiger partial charge in [0.1, 0.15) is 0 Å². The van der Waals surface area contributed by atoms with Crippen molar-refractivity contribution in [2.45, 2.75) is 4.90 Å². The van der Waals surface area contributed by atoms with E-state index in [0.29, 0.717) is 9.92 Å². The van der Waals surface area contributed by atoms with Gasteiger partial charge in [-0.2, -0.15) is 0 Å². The second-order valence-electron chi connectivity index (χ2n) is 3.30. The second-order valence-corrected chi connectivity index (χ2v) is 10.1. The van der Waals surface area contributed by atoms with Crippen LogP contribution in [0.15, 0.2) is 59.5 Å². The molecule has 0 fully saturated rings. The van der Waals surface area contributed by atoms with Crippen LogP contribution in [0.25, 0.3) is 0 Å². The first-order valence-corrected chi connectivity index (χ1v) is 9.57. The molecule has 2 nitrogen and oxygen atoms in total.